The zero-order chi connectivity index (χ0) is 25.0. The Kier molecular flexibility index (Phi) is 7.28. The molecular formula is C25H26F3N3O4. The van der Waals surface area contributed by atoms with E-state index in [9.17, 15) is 18.0 Å². The molecule has 7 nitrogen and oxygen atoms in total. The second kappa shape index (κ2) is 10.4. The van der Waals surface area contributed by atoms with Crippen LogP contribution in [0.2, 0.25) is 0 Å². The largest absolute Gasteiger partial charge is 0.490 e. The van der Waals surface area contributed by atoms with Crippen LogP contribution in [0.25, 0.3) is 11.5 Å². The average Bonchev–Trinajstić information content (AvgIpc) is 3.46. The minimum Gasteiger partial charge on any atom is -0.490 e. The molecule has 2 aromatic carbocycles. The Morgan fingerprint density at radius 3 is 2.46 bits per heavy atom. The van der Waals surface area contributed by atoms with E-state index < -0.39 is 11.7 Å². The van der Waals surface area contributed by atoms with Gasteiger partial charge in [-0.2, -0.15) is 18.2 Å². The SMILES string of the molecule is CCOc1ccc(CCN2CC(c3noc(-c4ccc(C(F)(F)F)cc4)n3)CC2=O)cc1OCC. The third-order valence-electron chi connectivity index (χ3n) is 5.76. The maximum atomic E-state index is 12.8. The highest BCUT2D eigenvalue weighted by Crippen LogP contribution is 2.33. The first kappa shape index (κ1) is 24.6. The van der Waals surface area contributed by atoms with Gasteiger partial charge in [-0.3, -0.25) is 4.79 Å². The Labute approximate surface area is 200 Å². The predicted octanol–water partition coefficient (Wildman–Crippen LogP) is 5.11. The molecule has 1 unspecified atom stereocenters. The molecule has 0 aliphatic carbocycles. The molecule has 0 bridgehead atoms. The van der Waals surface area contributed by atoms with Gasteiger partial charge < -0.3 is 18.9 Å². The molecule has 35 heavy (non-hydrogen) atoms. The maximum absolute atomic E-state index is 12.8. The molecule has 10 heteroatoms. The molecule has 1 atom stereocenters. The fourth-order valence-electron chi connectivity index (χ4n) is 4.00. The first-order chi connectivity index (χ1) is 16.8. The van der Waals surface area contributed by atoms with Crippen molar-refractivity contribution in [3.8, 4) is 23.0 Å². The van der Waals surface area contributed by atoms with E-state index >= 15 is 0 Å². The minimum atomic E-state index is -4.41. The zero-order valence-corrected chi connectivity index (χ0v) is 19.5. The van der Waals surface area contributed by atoms with E-state index in [0.29, 0.717) is 55.6 Å². The molecule has 0 spiro atoms. The lowest BCUT2D eigenvalue weighted by molar-refractivity contribution is -0.137. The number of alkyl halides is 3. The molecule has 1 saturated heterocycles. The first-order valence-electron chi connectivity index (χ1n) is 11.5. The van der Waals surface area contributed by atoms with Crippen LogP contribution in [0.1, 0.15) is 43.1 Å². The predicted molar refractivity (Wildman–Crippen MR) is 121 cm³/mol. The molecule has 0 radical (unpaired) electrons. The summed E-state index contributed by atoms with van der Waals surface area (Å²) in [6.07, 6.45) is -3.52. The second-order valence-corrected chi connectivity index (χ2v) is 8.17. The zero-order valence-electron chi connectivity index (χ0n) is 19.5. The van der Waals surface area contributed by atoms with Gasteiger partial charge in [-0.05, 0) is 62.2 Å². The van der Waals surface area contributed by atoms with Gasteiger partial charge in [0.15, 0.2) is 17.3 Å². The van der Waals surface area contributed by atoms with Crippen molar-refractivity contribution in [2.45, 2.75) is 38.8 Å². The lowest BCUT2D eigenvalue weighted by atomic mass is 10.1. The van der Waals surface area contributed by atoms with Crippen molar-refractivity contribution in [3.05, 3.63) is 59.4 Å². The molecule has 0 N–H and O–H groups in total. The fraction of sp³-hybridized carbons (Fsp3) is 0.400. The van der Waals surface area contributed by atoms with Crippen molar-refractivity contribution in [2.75, 3.05) is 26.3 Å². The summed E-state index contributed by atoms with van der Waals surface area (Å²) in [6.45, 7) is 5.86. The molecule has 1 amide bonds. The first-order valence-corrected chi connectivity index (χ1v) is 11.5. The summed E-state index contributed by atoms with van der Waals surface area (Å²) in [5, 5.41) is 3.97. The summed E-state index contributed by atoms with van der Waals surface area (Å²) >= 11 is 0. The van der Waals surface area contributed by atoms with Crippen molar-refractivity contribution in [2.24, 2.45) is 0 Å². The molecule has 0 saturated carbocycles. The topological polar surface area (TPSA) is 77.7 Å². The smallest absolute Gasteiger partial charge is 0.416 e. The number of hydrogen-bond acceptors (Lipinski definition) is 6. The van der Waals surface area contributed by atoms with E-state index in [4.69, 9.17) is 14.0 Å². The number of aromatic nitrogens is 2. The van der Waals surface area contributed by atoms with Gasteiger partial charge in [-0.15, -0.1) is 0 Å². The fourth-order valence-corrected chi connectivity index (χ4v) is 4.00. The number of likely N-dealkylation sites (tertiary alicyclic amines) is 1. The van der Waals surface area contributed by atoms with Gasteiger partial charge >= 0.3 is 6.18 Å². The van der Waals surface area contributed by atoms with Gasteiger partial charge in [0, 0.05) is 31.0 Å². The van der Waals surface area contributed by atoms with Crippen LogP contribution in [-0.4, -0.2) is 47.3 Å². The Hall–Kier alpha value is -3.56. The summed E-state index contributed by atoms with van der Waals surface area (Å²) in [5.74, 6) is 1.62. The third-order valence-corrected chi connectivity index (χ3v) is 5.76. The Morgan fingerprint density at radius 2 is 1.77 bits per heavy atom. The summed E-state index contributed by atoms with van der Waals surface area (Å²) in [4.78, 5) is 18.7. The molecular weight excluding hydrogens is 463 g/mol. The van der Waals surface area contributed by atoms with Gasteiger partial charge in [0.2, 0.25) is 5.91 Å². The molecule has 1 fully saturated rings. The number of carbonyl (C=O) groups excluding carboxylic acids is 1. The number of halogens is 3. The number of hydrogen-bond donors (Lipinski definition) is 0. The molecule has 1 aliphatic heterocycles. The number of ether oxygens (including phenoxy) is 2. The Morgan fingerprint density at radius 1 is 1.06 bits per heavy atom. The summed E-state index contributed by atoms with van der Waals surface area (Å²) in [5.41, 5.74) is 0.662. The molecule has 1 aromatic heterocycles. The van der Waals surface area contributed by atoms with E-state index in [1.807, 2.05) is 32.0 Å². The summed E-state index contributed by atoms with van der Waals surface area (Å²) in [6, 6.07) is 10.3. The minimum absolute atomic E-state index is 0.00755. The highest BCUT2D eigenvalue weighted by atomic mass is 19.4. The summed E-state index contributed by atoms with van der Waals surface area (Å²) < 4.78 is 54.9. The van der Waals surface area contributed by atoms with E-state index in [1.165, 1.54) is 12.1 Å². The van der Waals surface area contributed by atoms with Crippen molar-refractivity contribution in [1.29, 1.82) is 0 Å². The van der Waals surface area contributed by atoms with Crippen molar-refractivity contribution in [1.82, 2.24) is 15.0 Å². The summed E-state index contributed by atoms with van der Waals surface area (Å²) in [7, 11) is 0. The molecule has 1 aliphatic rings. The van der Waals surface area contributed by atoms with Crippen molar-refractivity contribution < 1.29 is 32.0 Å². The molecule has 3 aromatic rings. The molecule has 2 heterocycles. The van der Waals surface area contributed by atoms with Crippen LogP contribution in [0, 0.1) is 0 Å². The van der Waals surface area contributed by atoms with E-state index in [0.717, 1.165) is 17.7 Å². The van der Waals surface area contributed by atoms with Gasteiger partial charge in [-0.1, -0.05) is 11.2 Å². The van der Waals surface area contributed by atoms with Crippen molar-refractivity contribution in [3.63, 3.8) is 0 Å². The highest BCUT2D eigenvalue weighted by Gasteiger charge is 2.34. The van der Waals surface area contributed by atoms with Gasteiger partial charge in [0.05, 0.1) is 18.8 Å². The van der Waals surface area contributed by atoms with Crippen LogP contribution in [0.4, 0.5) is 13.2 Å². The lowest BCUT2D eigenvalue weighted by Gasteiger charge is -2.17. The number of carbonyl (C=O) groups is 1. The number of benzene rings is 2. The van der Waals surface area contributed by atoms with Gasteiger partial charge in [0.1, 0.15) is 0 Å². The van der Waals surface area contributed by atoms with Crippen LogP contribution < -0.4 is 9.47 Å². The second-order valence-electron chi connectivity index (χ2n) is 8.17. The van der Waals surface area contributed by atoms with Crippen LogP contribution in [0.5, 0.6) is 11.5 Å². The van der Waals surface area contributed by atoms with E-state index in [2.05, 4.69) is 10.1 Å². The Balaban J connectivity index is 1.38. The van der Waals surface area contributed by atoms with E-state index in [-0.39, 0.29) is 24.1 Å². The number of nitrogens with zero attached hydrogens (tertiary/aromatic N) is 3. The lowest BCUT2D eigenvalue weighted by Crippen LogP contribution is -2.27. The normalized spacial score (nSPS) is 16.1. The number of rotatable bonds is 9. The highest BCUT2D eigenvalue weighted by molar-refractivity contribution is 5.79. The van der Waals surface area contributed by atoms with Gasteiger partial charge in [-0.25, -0.2) is 0 Å². The molecule has 4 rings (SSSR count). The van der Waals surface area contributed by atoms with Crippen molar-refractivity contribution >= 4 is 5.91 Å². The van der Waals surface area contributed by atoms with Gasteiger partial charge in [0.25, 0.3) is 5.89 Å². The third kappa shape index (κ3) is 5.75. The standard InChI is InChI=1S/C25H26F3N3O4/c1-3-33-20-10-5-16(13-21(20)34-4-2)11-12-31-15-18(14-22(31)32)23-29-24(35-30-23)17-6-8-19(9-7-17)25(26,27)28/h5-10,13,18H,3-4,11-12,14-15H2,1-2H3. The quantitative estimate of drug-likeness (QED) is 0.416. The van der Waals surface area contributed by atoms with E-state index in [1.54, 1.807) is 4.90 Å². The van der Waals surface area contributed by atoms with Crippen LogP contribution >= 0.6 is 0 Å². The Bertz CT molecular complexity index is 1160. The average molecular weight is 489 g/mol. The molecule has 186 valence electrons. The monoisotopic (exact) mass is 489 g/mol. The number of amides is 1. The van der Waals surface area contributed by atoms with Crippen LogP contribution in [0.15, 0.2) is 47.0 Å². The maximum Gasteiger partial charge on any atom is 0.416 e. The van der Waals surface area contributed by atoms with Crippen LogP contribution in [0.3, 0.4) is 0 Å². The van der Waals surface area contributed by atoms with Crippen LogP contribution in [-0.2, 0) is 17.4 Å².